The van der Waals surface area contributed by atoms with Crippen molar-refractivity contribution in [1.29, 1.82) is 0 Å². The van der Waals surface area contributed by atoms with Crippen LogP contribution in [0.25, 0.3) is 11.0 Å². The van der Waals surface area contributed by atoms with Gasteiger partial charge >= 0.3 is 0 Å². The third-order valence-corrected chi connectivity index (χ3v) is 3.68. The van der Waals surface area contributed by atoms with E-state index in [0.717, 1.165) is 0 Å². The molecule has 18 heavy (non-hydrogen) atoms. The first-order valence-electron chi connectivity index (χ1n) is 5.72. The minimum Gasteiger partial charge on any atom is -0.450 e. The summed E-state index contributed by atoms with van der Waals surface area (Å²) in [5.41, 5.74) is 0.154. The summed E-state index contributed by atoms with van der Waals surface area (Å²) in [6.45, 7) is 6.13. The normalized spacial score (nSPS) is 12.0. The number of fused-ring (bicyclic) bond motifs is 1. The Morgan fingerprint density at radius 3 is 2.72 bits per heavy atom. The fourth-order valence-electron chi connectivity index (χ4n) is 1.52. The minimum absolute atomic E-state index is 0.0208. The SMILES string of the molecule is CC(C)(C)SCC(=O)c1cc2cccc(F)c2o1. The first-order chi connectivity index (χ1) is 8.37. The van der Waals surface area contributed by atoms with E-state index in [-0.39, 0.29) is 21.9 Å². The number of hydrogen-bond acceptors (Lipinski definition) is 3. The van der Waals surface area contributed by atoms with Crippen molar-refractivity contribution >= 4 is 28.5 Å². The van der Waals surface area contributed by atoms with E-state index < -0.39 is 5.82 Å². The molecular weight excluding hydrogens is 251 g/mol. The van der Waals surface area contributed by atoms with Gasteiger partial charge in [0.05, 0.1) is 5.75 Å². The summed E-state index contributed by atoms with van der Waals surface area (Å²) in [5, 5.41) is 0.624. The maximum atomic E-state index is 13.4. The van der Waals surface area contributed by atoms with E-state index in [1.165, 1.54) is 6.07 Å². The molecule has 96 valence electrons. The Labute approximate surface area is 110 Å². The fraction of sp³-hybridized carbons (Fsp3) is 0.357. The lowest BCUT2D eigenvalue weighted by Crippen LogP contribution is -2.12. The first kappa shape index (κ1) is 13.1. The average molecular weight is 266 g/mol. The number of carbonyl (C=O) groups excluding carboxylic acids is 1. The molecule has 2 rings (SSSR count). The van der Waals surface area contributed by atoms with Crippen LogP contribution in [0.1, 0.15) is 31.3 Å². The predicted octanol–water partition coefficient (Wildman–Crippen LogP) is 4.29. The molecule has 0 aliphatic carbocycles. The zero-order valence-electron chi connectivity index (χ0n) is 10.6. The van der Waals surface area contributed by atoms with Gasteiger partial charge in [-0.05, 0) is 12.1 Å². The van der Waals surface area contributed by atoms with Crippen molar-refractivity contribution < 1.29 is 13.6 Å². The third-order valence-electron chi connectivity index (χ3n) is 2.41. The molecule has 1 aromatic heterocycles. The Morgan fingerprint density at radius 2 is 2.11 bits per heavy atom. The summed E-state index contributed by atoms with van der Waals surface area (Å²) in [7, 11) is 0. The van der Waals surface area contributed by atoms with Gasteiger partial charge in [-0.25, -0.2) is 4.39 Å². The molecule has 0 aliphatic rings. The van der Waals surface area contributed by atoms with Gasteiger partial charge in [0.25, 0.3) is 0 Å². The minimum atomic E-state index is -0.435. The van der Waals surface area contributed by atoms with Crippen LogP contribution in [0, 0.1) is 5.82 Å². The summed E-state index contributed by atoms with van der Waals surface area (Å²) in [6.07, 6.45) is 0. The molecule has 0 bridgehead atoms. The molecule has 0 saturated heterocycles. The van der Waals surface area contributed by atoms with E-state index in [1.54, 1.807) is 30.0 Å². The van der Waals surface area contributed by atoms with E-state index in [4.69, 9.17) is 4.42 Å². The smallest absolute Gasteiger partial charge is 0.207 e. The van der Waals surface area contributed by atoms with Gasteiger partial charge in [0.1, 0.15) is 0 Å². The molecule has 0 amide bonds. The van der Waals surface area contributed by atoms with Crippen LogP contribution in [0.15, 0.2) is 28.7 Å². The number of ketones is 1. The van der Waals surface area contributed by atoms with Gasteiger partial charge in [0.2, 0.25) is 5.78 Å². The predicted molar refractivity (Wildman–Crippen MR) is 72.7 cm³/mol. The van der Waals surface area contributed by atoms with Crippen molar-refractivity contribution in [1.82, 2.24) is 0 Å². The maximum Gasteiger partial charge on any atom is 0.207 e. The molecular formula is C14H15FO2S. The lowest BCUT2D eigenvalue weighted by atomic mass is 10.2. The van der Waals surface area contributed by atoms with E-state index in [9.17, 15) is 9.18 Å². The molecule has 0 radical (unpaired) electrons. The Balaban J connectivity index is 2.21. The fourth-order valence-corrected chi connectivity index (χ4v) is 2.22. The lowest BCUT2D eigenvalue weighted by molar-refractivity contribution is 0.0994. The molecule has 1 aromatic carbocycles. The van der Waals surface area contributed by atoms with Gasteiger partial charge in [0.15, 0.2) is 17.2 Å². The van der Waals surface area contributed by atoms with Crippen LogP contribution < -0.4 is 0 Å². The molecule has 4 heteroatoms. The van der Waals surface area contributed by atoms with E-state index in [2.05, 4.69) is 0 Å². The summed E-state index contributed by atoms with van der Waals surface area (Å²) in [4.78, 5) is 11.9. The molecule has 0 unspecified atom stereocenters. The number of furan rings is 1. The van der Waals surface area contributed by atoms with Crippen LogP contribution in [-0.4, -0.2) is 16.3 Å². The second-order valence-electron chi connectivity index (χ2n) is 5.09. The molecule has 1 heterocycles. The van der Waals surface area contributed by atoms with Crippen LogP contribution in [0.4, 0.5) is 4.39 Å². The number of thioether (sulfide) groups is 1. The lowest BCUT2D eigenvalue weighted by Gasteiger charge is -2.16. The second-order valence-corrected chi connectivity index (χ2v) is 6.90. The zero-order valence-corrected chi connectivity index (χ0v) is 11.4. The van der Waals surface area contributed by atoms with Crippen molar-refractivity contribution in [2.24, 2.45) is 0 Å². The quantitative estimate of drug-likeness (QED) is 0.776. The van der Waals surface area contributed by atoms with Crippen molar-refractivity contribution in [3.05, 3.63) is 35.8 Å². The van der Waals surface area contributed by atoms with E-state index in [0.29, 0.717) is 11.1 Å². The van der Waals surface area contributed by atoms with Gasteiger partial charge in [-0.3, -0.25) is 4.79 Å². The Morgan fingerprint density at radius 1 is 1.39 bits per heavy atom. The topological polar surface area (TPSA) is 30.2 Å². The number of rotatable bonds is 3. The highest BCUT2D eigenvalue weighted by Crippen LogP contribution is 2.26. The summed E-state index contributed by atoms with van der Waals surface area (Å²) in [5.74, 6) is 0.0256. The maximum absolute atomic E-state index is 13.4. The molecule has 2 aromatic rings. The number of halogens is 1. The number of Topliss-reactive ketones (excluding diaryl/α,β-unsaturated/α-hetero) is 1. The Hall–Kier alpha value is -1.29. The number of para-hydroxylation sites is 1. The standard InChI is InChI=1S/C14H15FO2S/c1-14(2,3)18-8-11(16)12-7-9-5-4-6-10(15)13(9)17-12/h4-7H,8H2,1-3H3. The molecule has 0 atom stereocenters. The monoisotopic (exact) mass is 266 g/mol. The van der Waals surface area contributed by atoms with Crippen LogP contribution >= 0.6 is 11.8 Å². The molecule has 0 saturated carbocycles. The summed E-state index contributed by atoms with van der Waals surface area (Å²) in [6, 6.07) is 6.26. The Bertz CT molecular complexity index is 581. The van der Waals surface area contributed by atoms with E-state index >= 15 is 0 Å². The van der Waals surface area contributed by atoms with Crippen LogP contribution in [0.3, 0.4) is 0 Å². The first-order valence-corrected chi connectivity index (χ1v) is 6.70. The molecule has 0 aliphatic heterocycles. The van der Waals surface area contributed by atoms with Gasteiger partial charge < -0.3 is 4.42 Å². The number of benzene rings is 1. The van der Waals surface area contributed by atoms with Gasteiger partial charge in [-0.1, -0.05) is 32.9 Å². The highest BCUT2D eigenvalue weighted by molar-refractivity contribution is 8.01. The van der Waals surface area contributed by atoms with Crippen molar-refractivity contribution in [3.63, 3.8) is 0 Å². The average Bonchev–Trinajstić information content (AvgIpc) is 2.70. The Kier molecular flexibility index (Phi) is 3.48. The zero-order chi connectivity index (χ0) is 13.3. The van der Waals surface area contributed by atoms with Crippen LogP contribution in [0.2, 0.25) is 0 Å². The molecule has 2 nitrogen and oxygen atoms in total. The van der Waals surface area contributed by atoms with Crippen molar-refractivity contribution in [2.45, 2.75) is 25.5 Å². The molecule has 0 fully saturated rings. The summed E-state index contributed by atoms with van der Waals surface area (Å²) >= 11 is 1.55. The van der Waals surface area contributed by atoms with Gasteiger partial charge in [-0.2, -0.15) is 0 Å². The van der Waals surface area contributed by atoms with Crippen molar-refractivity contribution in [2.75, 3.05) is 5.75 Å². The van der Waals surface area contributed by atoms with E-state index in [1.807, 2.05) is 20.8 Å². The van der Waals surface area contributed by atoms with Crippen molar-refractivity contribution in [3.8, 4) is 0 Å². The molecule has 0 spiro atoms. The number of hydrogen-bond donors (Lipinski definition) is 0. The highest BCUT2D eigenvalue weighted by Gasteiger charge is 2.18. The largest absolute Gasteiger partial charge is 0.450 e. The van der Waals surface area contributed by atoms with Gasteiger partial charge in [0, 0.05) is 10.1 Å². The molecule has 0 N–H and O–H groups in total. The number of carbonyl (C=O) groups is 1. The van der Waals surface area contributed by atoms with Crippen LogP contribution in [0.5, 0.6) is 0 Å². The highest BCUT2D eigenvalue weighted by atomic mass is 32.2. The van der Waals surface area contributed by atoms with Crippen LogP contribution in [-0.2, 0) is 0 Å². The third kappa shape index (κ3) is 2.93. The summed E-state index contributed by atoms with van der Waals surface area (Å²) < 4.78 is 18.7. The second kappa shape index (κ2) is 4.76. The van der Waals surface area contributed by atoms with Gasteiger partial charge in [-0.15, -0.1) is 11.8 Å².